The van der Waals surface area contributed by atoms with Crippen LogP contribution in [-0.4, -0.2) is 97.2 Å². The number of hydrogen-bond donors (Lipinski definition) is 6. The molecule has 6 N–H and O–H groups in total. The van der Waals surface area contributed by atoms with Crippen LogP contribution >= 0.6 is 0 Å². The van der Waals surface area contributed by atoms with E-state index in [0.717, 1.165) is 122 Å². The van der Waals surface area contributed by atoms with Gasteiger partial charge in [0.1, 0.15) is 69.0 Å². The molecule has 0 saturated heterocycles. The lowest BCUT2D eigenvalue weighted by Gasteiger charge is -2.38. The number of unbranched alkanes of at least 4 members (excludes halogenated alkanes) is 8. The summed E-state index contributed by atoms with van der Waals surface area (Å²) in [7, 11) is 0. The molecule has 11 aliphatic rings. The van der Waals surface area contributed by atoms with E-state index in [2.05, 4.69) is 83.2 Å². The Bertz CT molecular complexity index is 5780. The largest absolute Gasteiger partial charge is 0.483 e. The van der Waals surface area contributed by atoms with Crippen molar-refractivity contribution < 1.29 is 76.0 Å². The fourth-order valence-electron chi connectivity index (χ4n) is 21.0. The van der Waals surface area contributed by atoms with Crippen LogP contribution in [-0.2, 0) is 45.4 Å². The monoisotopic (exact) mass is 1770 g/mol. The summed E-state index contributed by atoms with van der Waals surface area (Å²) in [5.41, 5.74) is 18.2. The van der Waals surface area contributed by atoms with Gasteiger partial charge in [0.2, 0.25) is 27.2 Å². The molecular formula is C108H106N8O16. The van der Waals surface area contributed by atoms with Crippen molar-refractivity contribution in [2.24, 2.45) is 0 Å². The van der Waals surface area contributed by atoms with Gasteiger partial charge in [-0.3, -0.25) is 19.2 Å². The summed E-state index contributed by atoms with van der Waals surface area (Å²) in [6.07, 6.45) is 20.4. The summed E-state index contributed by atoms with van der Waals surface area (Å²) in [4.78, 5) is 82.2. The smallest absolute Gasteiger partial charge is 0.258 e. The van der Waals surface area contributed by atoms with Crippen LogP contribution in [0.5, 0.6) is 69.0 Å². The second-order valence-corrected chi connectivity index (χ2v) is 35.3. The van der Waals surface area contributed by atoms with E-state index in [1.807, 2.05) is 146 Å². The fraction of sp³-hybridized carbons (Fsp3) is 0.333. The molecule has 0 spiro atoms. The molecule has 0 radical (unpaired) electrons. The van der Waals surface area contributed by atoms with Gasteiger partial charge in [-0.2, -0.15) is 0 Å². The molecule has 0 unspecified atom stereocenters. The number of fused-ring (bicyclic) bond motifs is 12. The molecular weight excluding hydrogens is 1670 g/mol. The maximum absolute atomic E-state index is 15.8. The van der Waals surface area contributed by atoms with E-state index in [1.165, 1.54) is 0 Å². The summed E-state index contributed by atoms with van der Waals surface area (Å²) >= 11 is 0. The molecule has 11 aromatic rings. The Hall–Kier alpha value is -14.2. The lowest BCUT2D eigenvalue weighted by Crippen LogP contribution is -2.32. The molecule has 4 amide bonds. The minimum absolute atomic E-state index is 0.108. The topological polar surface area (TPSA) is 285 Å². The molecule has 674 valence electrons. The minimum Gasteiger partial charge on any atom is -0.483 e. The number of aromatic amines is 2. The highest BCUT2D eigenvalue weighted by atomic mass is 16.7. The van der Waals surface area contributed by atoms with Gasteiger partial charge in [-0.1, -0.05) is 178 Å². The number of benzene rings is 8. The third-order valence-electron chi connectivity index (χ3n) is 27.2. The molecule has 0 fully saturated rings. The highest BCUT2D eigenvalue weighted by molar-refractivity contribution is 6.02. The second kappa shape index (κ2) is 37.0. The van der Waals surface area contributed by atoms with Crippen molar-refractivity contribution in [2.45, 2.75) is 180 Å². The summed E-state index contributed by atoms with van der Waals surface area (Å²) < 4.78 is 87.0. The van der Waals surface area contributed by atoms with Crippen molar-refractivity contribution in [2.75, 3.05) is 53.6 Å². The standard InChI is InChI=1S/C108H106N8O16/c1-5-9-13-25-61-69-45-71-62(26-14-10-6-2)73-47-75-64(28-16-12-8-4)76-48-74-63(27-15-11-7-3)72-46-70(61)102-78-50-110-94(118)54-122-90-34-22-18-30-66(90)98-82-38-37-81(113-82)97-65-29-17-21-33-89(65)121-53-93(117)109-49-77(101(69)125-57-126-102)103(71)127-58-129-105(73)79-51-111-95(119)55-123-91-35-23-19-31-67(91)99(85-41-39-83(97)114-85)87-43-44-88(116-87)100(86-42-40-84(98)115-86)68-32-20-24-36-92(68)124-56-96(120)112-52-80(106(74)130-59-128-104(72)78)108(76)132-60-131-107(75)79/h17-24,29-48,61-64,113,116H,5-16,25-28,49-60H2,1-4H3,(H,109,117)(H,110,118)(H,111,119)(H,112,120). The van der Waals surface area contributed by atoms with Crippen molar-refractivity contribution in [1.29, 1.82) is 0 Å². The average Bonchev–Trinajstić information content (AvgIpc) is 0.883. The minimum atomic E-state index is -0.529. The summed E-state index contributed by atoms with van der Waals surface area (Å²) in [6.45, 7) is 5.28. The number of hydrogen-bond acceptors (Lipinski definition) is 18. The Balaban J connectivity index is 0.936. The van der Waals surface area contributed by atoms with Gasteiger partial charge in [0.05, 0.1) is 71.2 Å². The molecule has 11 aliphatic heterocycles. The Morgan fingerprint density at radius 3 is 0.697 bits per heavy atom. The predicted octanol–water partition coefficient (Wildman–Crippen LogP) is 21.1. The van der Waals surface area contributed by atoms with Crippen LogP contribution in [0.4, 0.5) is 0 Å². The van der Waals surface area contributed by atoms with Crippen LogP contribution in [0.1, 0.15) is 244 Å². The van der Waals surface area contributed by atoms with E-state index in [0.29, 0.717) is 206 Å². The van der Waals surface area contributed by atoms with Crippen LogP contribution in [0.15, 0.2) is 146 Å². The van der Waals surface area contributed by atoms with Gasteiger partial charge in [0.25, 0.3) is 23.6 Å². The van der Waals surface area contributed by atoms with E-state index in [9.17, 15) is 0 Å². The zero-order chi connectivity index (χ0) is 89.5. The summed E-state index contributed by atoms with van der Waals surface area (Å²) in [5.74, 6) is 1.37. The van der Waals surface area contributed by atoms with Gasteiger partial charge in [-0.05, 0) is 123 Å². The first-order chi connectivity index (χ1) is 65.0. The van der Waals surface area contributed by atoms with Crippen LogP contribution in [0.25, 0.3) is 90.9 Å². The number of ether oxygens (including phenoxy) is 12. The van der Waals surface area contributed by atoms with Crippen LogP contribution in [0.2, 0.25) is 0 Å². The molecule has 3 aromatic heterocycles. The zero-order valence-corrected chi connectivity index (χ0v) is 74.7. The molecule has 14 heterocycles. The zero-order valence-electron chi connectivity index (χ0n) is 74.7. The number of nitrogens with one attached hydrogen (secondary N) is 6. The van der Waals surface area contributed by atoms with Gasteiger partial charge in [0.15, 0.2) is 26.4 Å². The van der Waals surface area contributed by atoms with Crippen LogP contribution < -0.4 is 78.1 Å². The van der Waals surface area contributed by atoms with E-state index in [-0.39, 0.29) is 53.4 Å². The van der Waals surface area contributed by atoms with Crippen molar-refractivity contribution in [3.05, 3.63) is 235 Å². The van der Waals surface area contributed by atoms with Gasteiger partial charge in [-0.25, -0.2) is 9.97 Å². The summed E-state index contributed by atoms with van der Waals surface area (Å²) in [5, 5.41) is 13.6. The molecule has 0 saturated carbocycles. The number of carbonyl (C=O) groups excluding carboxylic acids is 4. The lowest BCUT2D eigenvalue weighted by molar-refractivity contribution is -0.124. The number of H-pyrrole nitrogens is 2. The highest BCUT2D eigenvalue weighted by Gasteiger charge is 2.43. The molecule has 132 heavy (non-hydrogen) atoms. The van der Waals surface area contributed by atoms with Crippen molar-refractivity contribution in [3.8, 4) is 114 Å². The fourth-order valence-corrected chi connectivity index (χ4v) is 21.0. The molecule has 0 atom stereocenters. The normalized spacial score (nSPS) is 17.7. The van der Waals surface area contributed by atoms with E-state index in [4.69, 9.17) is 66.8 Å². The second-order valence-electron chi connectivity index (χ2n) is 35.3. The Morgan fingerprint density at radius 1 is 0.273 bits per heavy atom. The van der Waals surface area contributed by atoms with Crippen LogP contribution in [0.3, 0.4) is 0 Å². The maximum Gasteiger partial charge on any atom is 0.258 e. The molecule has 30 bridgehead atoms. The van der Waals surface area contributed by atoms with E-state index >= 15 is 19.2 Å². The molecule has 24 heteroatoms. The van der Waals surface area contributed by atoms with Gasteiger partial charge in [0, 0.05) is 135 Å². The number of para-hydroxylation sites is 4. The Labute approximate surface area is 765 Å². The molecule has 22 rings (SSSR count). The SMILES string of the molecule is CCCCCC1c2cc3c4c5c2OCOc2c1cc1c6c2CNC(=O)COc2ccccc2-c2c7nc(c(c8ccc([nH]8)c8c9nc(c(c%10ccc2[nH]%10)-c2ccccc2OCC(=O)NCc2c(c(cc%10c2OCOc2c(cc(c(c2CNC(=O)COc2ccccc2-8)OCO4)C3CCCCC)C%10CCCCC)C1CCCCC)OCO6)C=C9)-c1ccccc1OCC(=O)NC5)C=C7. The molecule has 24 nitrogen and oxygen atoms in total. The first-order valence-corrected chi connectivity index (χ1v) is 46.9. The number of amides is 4. The van der Waals surface area contributed by atoms with E-state index < -0.39 is 73.7 Å². The van der Waals surface area contributed by atoms with Crippen LogP contribution in [0, 0.1) is 0 Å². The number of aromatic nitrogens is 4. The average molecular weight is 1770 g/mol. The summed E-state index contributed by atoms with van der Waals surface area (Å²) in [6, 6.07) is 47.7. The maximum atomic E-state index is 15.8. The van der Waals surface area contributed by atoms with Gasteiger partial charge < -0.3 is 88.1 Å². The number of nitrogens with zero attached hydrogens (tertiary/aromatic N) is 2. The third kappa shape index (κ3) is 15.9. The van der Waals surface area contributed by atoms with Gasteiger partial charge in [-0.15, -0.1) is 0 Å². The van der Waals surface area contributed by atoms with Crippen molar-refractivity contribution >= 4 is 70.0 Å². The van der Waals surface area contributed by atoms with E-state index in [1.54, 1.807) is 0 Å². The van der Waals surface area contributed by atoms with Crippen molar-refractivity contribution in [1.82, 2.24) is 41.2 Å². The lowest BCUT2D eigenvalue weighted by atomic mass is 9.74. The number of carbonyl (C=O) groups is 4. The number of rotatable bonds is 16. The first-order valence-electron chi connectivity index (χ1n) is 46.9. The highest BCUT2D eigenvalue weighted by Crippen LogP contribution is 2.60. The van der Waals surface area contributed by atoms with Gasteiger partial charge >= 0.3 is 0 Å². The Morgan fingerprint density at radius 2 is 0.485 bits per heavy atom. The third-order valence-corrected chi connectivity index (χ3v) is 27.2. The predicted molar refractivity (Wildman–Crippen MR) is 504 cm³/mol. The molecule has 8 aromatic carbocycles. The quantitative estimate of drug-likeness (QED) is 0.0490. The molecule has 0 aliphatic carbocycles. The Kier molecular flexibility index (Phi) is 23.7. The first kappa shape index (κ1) is 84.7. The van der Waals surface area contributed by atoms with Crippen molar-refractivity contribution in [3.63, 3.8) is 0 Å².